The third kappa shape index (κ3) is 2.32. The van der Waals surface area contributed by atoms with Crippen LogP contribution in [0.5, 0.6) is 0 Å². The van der Waals surface area contributed by atoms with Gasteiger partial charge in [-0.15, -0.1) is 0 Å². The fourth-order valence-corrected chi connectivity index (χ4v) is 1.77. The van der Waals surface area contributed by atoms with Crippen molar-refractivity contribution in [3.05, 3.63) is 41.1 Å². The molecule has 18 heavy (non-hydrogen) atoms. The van der Waals surface area contributed by atoms with E-state index in [2.05, 4.69) is 20.3 Å². The van der Waals surface area contributed by atoms with Crippen molar-refractivity contribution in [3.8, 4) is 0 Å². The molecule has 0 fully saturated rings. The lowest BCUT2D eigenvalue weighted by Gasteiger charge is -2.15. The summed E-state index contributed by atoms with van der Waals surface area (Å²) in [7, 11) is 0. The molecule has 0 radical (unpaired) electrons. The molecule has 2 aromatic rings. The average Bonchev–Trinajstić information content (AvgIpc) is 2.76. The highest BCUT2D eigenvalue weighted by molar-refractivity contribution is 5.96. The van der Waals surface area contributed by atoms with Gasteiger partial charge in [0.25, 0.3) is 5.91 Å². The fourth-order valence-electron chi connectivity index (χ4n) is 1.77. The lowest BCUT2D eigenvalue weighted by Crippen LogP contribution is -2.28. The predicted molar refractivity (Wildman–Crippen MR) is 65.8 cm³/mol. The van der Waals surface area contributed by atoms with Gasteiger partial charge in [0.05, 0.1) is 6.04 Å². The van der Waals surface area contributed by atoms with Gasteiger partial charge in [-0.25, -0.2) is 4.63 Å². The van der Waals surface area contributed by atoms with Crippen molar-refractivity contribution in [1.29, 1.82) is 0 Å². The van der Waals surface area contributed by atoms with Gasteiger partial charge >= 0.3 is 0 Å². The molecule has 0 spiro atoms. The molecule has 1 aromatic heterocycles. The Labute approximate surface area is 104 Å². The van der Waals surface area contributed by atoms with Gasteiger partial charge in [0.15, 0.2) is 0 Å². The highest BCUT2D eigenvalue weighted by Crippen LogP contribution is 2.17. The third-order valence-corrected chi connectivity index (χ3v) is 2.73. The Hall–Kier alpha value is -2.37. The Bertz CT molecular complexity index is 565. The number of carbonyl (C=O) groups excluding carboxylic acids is 1. The normalized spacial score (nSPS) is 12.1. The van der Waals surface area contributed by atoms with Crippen LogP contribution >= 0.6 is 0 Å². The van der Waals surface area contributed by atoms with Crippen molar-refractivity contribution in [3.63, 3.8) is 0 Å². The van der Waals surface area contributed by atoms with E-state index in [1.807, 2.05) is 38.1 Å². The summed E-state index contributed by atoms with van der Waals surface area (Å²) in [4.78, 5) is 11.9. The Morgan fingerprint density at radius 3 is 2.72 bits per heavy atom. The highest BCUT2D eigenvalue weighted by Gasteiger charge is 2.19. The molecule has 6 nitrogen and oxygen atoms in total. The van der Waals surface area contributed by atoms with E-state index in [0.717, 1.165) is 11.1 Å². The number of nitrogen functional groups attached to an aromatic ring is 1. The molecule has 0 aliphatic carbocycles. The molecule has 0 aliphatic rings. The van der Waals surface area contributed by atoms with Crippen molar-refractivity contribution in [2.45, 2.75) is 19.9 Å². The first-order valence-electron chi connectivity index (χ1n) is 5.54. The van der Waals surface area contributed by atoms with Gasteiger partial charge in [-0.05, 0) is 35.3 Å². The van der Waals surface area contributed by atoms with E-state index in [1.54, 1.807) is 0 Å². The topological polar surface area (TPSA) is 94.0 Å². The fraction of sp³-hybridized carbons (Fsp3) is 0.250. The van der Waals surface area contributed by atoms with E-state index < -0.39 is 5.91 Å². The number of anilines is 1. The Balaban J connectivity index is 2.13. The van der Waals surface area contributed by atoms with Crippen LogP contribution in [0.2, 0.25) is 0 Å². The van der Waals surface area contributed by atoms with Crippen LogP contribution in [0.15, 0.2) is 28.9 Å². The van der Waals surface area contributed by atoms with Gasteiger partial charge in [0, 0.05) is 0 Å². The molecule has 0 saturated heterocycles. The Kier molecular flexibility index (Phi) is 3.27. The van der Waals surface area contributed by atoms with Gasteiger partial charge in [-0.3, -0.25) is 4.79 Å². The zero-order valence-electron chi connectivity index (χ0n) is 10.2. The lowest BCUT2D eigenvalue weighted by molar-refractivity contribution is 0.0930. The smallest absolute Gasteiger partial charge is 0.277 e. The third-order valence-electron chi connectivity index (χ3n) is 2.73. The van der Waals surface area contributed by atoms with Gasteiger partial charge in [0.2, 0.25) is 11.5 Å². The molecule has 94 valence electrons. The minimum Gasteiger partial charge on any atom is -0.379 e. The van der Waals surface area contributed by atoms with E-state index in [0.29, 0.717) is 0 Å². The summed E-state index contributed by atoms with van der Waals surface area (Å²) in [6, 6.07) is 7.69. The summed E-state index contributed by atoms with van der Waals surface area (Å²) < 4.78 is 4.39. The second kappa shape index (κ2) is 4.87. The molecule has 0 saturated carbocycles. The monoisotopic (exact) mass is 246 g/mol. The van der Waals surface area contributed by atoms with Gasteiger partial charge < -0.3 is 11.1 Å². The number of hydrogen-bond acceptors (Lipinski definition) is 5. The number of nitrogens with two attached hydrogens (primary N) is 1. The number of carbonyl (C=O) groups is 1. The zero-order valence-corrected chi connectivity index (χ0v) is 10.2. The van der Waals surface area contributed by atoms with Crippen LogP contribution in [0.1, 0.15) is 34.6 Å². The number of amides is 1. The first-order chi connectivity index (χ1) is 8.59. The second-order valence-electron chi connectivity index (χ2n) is 4.05. The van der Waals surface area contributed by atoms with Crippen LogP contribution in [0.4, 0.5) is 5.82 Å². The molecule has 1 atom stereocenters. The molecule has 3 N–H and O–H groups in total. The largest absolute Gasteiger partial charge is 0.379 e. The van der Waals surface area contributed by atoms with Crippen LogP contribution in [0.3, 0.4) is 0 Å². The zero-order chi connectivity index (χ0) is 13.1. The van der Waals surface area contributed by atoms with Crippen LogP contribution in [0.25, 0.3) is 0 Å². The molecular formula is C12H14N4O2. The molecule has 0 bridgehead atoms. The minimum absolute atomic E-state index is 0.00966. The van der Waals surface area contributed by atoms with Crippen molar-refractivity contribution in [1.82, 2.24) is 15.6 Å². The number of aryl methyl sites for hydroxylation is 1. The molecule has 1 amide bonds. The summed E-state index contributed by atoms with van der Waals surface area (Å²) >= 11 is 0. The first kappa shape index (κ1) is 12.1. The summed E-state index contributed by atoms with van der Waals surface area (Å²) in [6.45, 7) is 3.88. The van der Waals surface area contributed by atoms with Gasteiger partial charge in [-0.1, -0.05) is 24.3 Å². The van der Waals surface area contributed by atoms with Crippen molar-refractivity contribution in [2.75, 3.05) is 5.73 Å². The maximum Gasteiger partial charge on any atom is 0.277 e. The van der Waals surface area contributed by atoms with Crippen LogP contribution in [0, 0.1) is 6.92 Å². The summed E-state index contributed by atoms with van der Waals surface area (Å²) in [5, 5.41) is 9.63. The predicted octanol–water partition coefficient (Wildman–Crippen LogP) is 1.45. The molecule has 0 aliphatic heterocycles. The van der Waals surface area contributed by atoms with Crippen molar-refractivity contribution >= 4 is 11.7 Å². The quantitative estimate of drug-likeness (QED) is 0.854. The molecular weight excluding hydrogens is 232 g/mol. The molecule has 1 aromatic carbocycles. The maximum absolute atomic E-state index is 11.9. The Morgan fingerprint density at radius 2 is 2.11 bits per heavy atom. The Morgan fingerprint density at radius 1 is 1.39 bits per heavy atom. The van der Waals surface area contributed by atoms with Crippen LogP contribution in [-0.2, 0) is 0 Å². The van der Waals surface area contributed by atoms with Gasteiger partial charge in [0.1, 0.15) is 0 Å². The molecule has 6 heteroatoms. The average molecular weight is 246 g/mol. The van der Waals surface area contributed by atoms with E-state index in [9.17, 15) is 4.79 Å². The lowest BCUT2D eigenvalue weighted by atomic mass is 10.0. The summed E-state index contributed by atoms with van der Waals surface area (Å²) in [6.07, 6.45) is 0. The van der Waals surface area contributed by atoms with Crippen LogP contribution < -0.4 is 11.1 Å². The highest BCUT2D eigenvalue weighted by atomic mass is 16.6. The summed E-state index contributed by atoms with van der Waals surface area (Å²) in [5.41, 5.74) is 7.62. The number of nitrogens with one attached hydrogen (secondary N) is 1. The van der Waals surface area contributed by atoms with Gasteiger partial charge in [-0.2, -0.15) is 0 Å². The number of hydrogen-bond donors (Lipinski definition) is 2. The number of benzene rings is 1. The number of aromatic nitrogens is 2. The van der Waals surface area contributed by atoms with Crippen molar-refractivity contribution in [2.24, 2.45) is 0 Å². The first-order valence-corrected chi connectivity index (χ1v) is 5.54. The van der Waals surface area contributed by atoms with Crippen molar-refractivity contribution < 1.29 is 9.42 Å². The second-order valence-corrected chi connectivity index (χ2v) is 4.05. The van der Waals surface area contributed by atoms with Crippen LogP contribution in [-0.4, -0.2) is 16.2 Å². The summed E-state index contributed by atoms with van der Waals surface area (Å²) in [5.74, 6) is -0.408. The number of rotatable bonds is 3. The standard InChI is InChI=1S/C12H14N4O2/c1-7-5-3-4-6-9(7)8(2)14-12(17)10-11(13)16-18-15-10/h3-6,8H,1-2H3,(H2,13,16)(H,14,17). The minimum atomic E-state index is -0.399. The van der Waals surface area contributed by atoms with E-state index in [4.69, 9.17) is 5.73 Å². The maximum atomic E-state index is 11.9. The molecule has 1 unspecified atom stereocenters. The van der Waals surface area contributed by atoms with E-state index >= 15 is 0 Å². The SMILES string of the molecule is Cc1ccccc1C(C)NC(=O)c1nonc1N. The molecule has 2 rings (SSSR count). The van der Waals surface area contributed by atoms with E-state index in [1.165, 1.54) is 0 Å². The molecule has 1 heterocycles. The van der Waals surface area contributed by atoms with E-state index in [-0.39, 0.29) is 17.6 Å². The number of nitrogens with zero attached hydrogens (tertiary/aromatic N) is 2.